The number of nitrogens with zero attached hydrogens (tertiary/aromatic N) is 4. The number of aromatic nitrogens is 4. The Labute approximate surface area is 191 Å². The molecule has 0 saturated heterocycles. The van der Waals surface area contributed by atoms with E-state index in [9.17, 15) is 14.7 Å². The summed E-state index contributed by atoms with van der Waals surface area (Å²) in [5.41, 5.74) is -0.218. The fraction of sp³-hybridized carbons (Fsp3) is 0.591. The summed E-state index contributed by atoms with van der Waals surface area (Å²) in [6, 6.07) is 1.23. The lowest BCUT2D eigenvalue weighted by molar-refractivity contribution is -0.199. The zero-order valence-electron chi connectivity index (χ0n) is 18.7. The molecule has 3 aliphatic carbocycles. The summed E-state index contributed by atoms with van der Waals surface area (Å²) in [6.45, 7) is 7.79. The van der Waals surface area contributed by atoms with Crippen molar-refractivity contribution in [1.82, 2.24) is 25.3 Å². The molecule has 1 amide bonds. The maximum atomic E-state index is 12.7. The van der Waals surface area contributed by atoms with Crippen molar-refractivity contribution in [1.29, 1.82) is 0 Å². The Morgan fingerprint density at radius 1 is 1.31 bits per heavy atom. The first-order valence-corrected chi connectivity index (χ1v) is 11.2. The summed E-state index contributed by atoms with van der Waals surface area (Å²) >= 11 is 6.34. The molecule has 3 N–H and O–H groups in total. The van der Waals surface area contributed by atoms with E-state index in [2.05, 4.69) is 39.8 Å². The SMILES string of the molecule is CC(NC(=O)Cn1ncc(N[C@@H]2C[C@H]3C[C@H](C3(C)C)[C@]2(C)O)c(Cl)c1=O)c1ccnnc1. The molecular formula is C22H29ClN6O3. The summed E-state index contributed by atoms with van der Waals surface area (Å²) in [5.74, 6) is 0.316. The van der Waals surface area contributed by atoms with E-state index in [1.54, 1.807) is 18.5 Å². The number of hydrogen-bond donors (Lipinski definition) is 3. The summed E-state index contributed by atoms with van der Waals surface area (Å²) in [5, 5.41) is 28.8. The van der Waals surface area contributed by atoms with Crippen molar-refractivity contribution in [2.24, 2.45) is 17.3 Å². The third-order valence-corrected chi connectivity index (χ3v) is 7.86. The second kappa shape index (κ2) is 8.12. The van der Waals surface area contributed by atoms with Crippen molar-refractivity contribution in [3.8, 4) is 0 Å². The number of aliphatic hydroxyl groups is 1. The first-order chi connectivity index (χ1) is 15.0. The number of amides is 1. The van der Waals surface area contributed by atoms with E-state index in [-0.39, 0.29) is 40.9 Å². The highest BCUT2D eigenvalue weighted by Crippen LogP contribution is 2.62. The molecule has 0 aliphatic heterocycles. The predicted octanol–water partition coefficient (Wildman–Crippen LogP) is 2.16. The van der Waals surface area contributed by atoms with E-state index in [1.165, 1.54) is 6.20 Å². The van der Waals surface area contributed by atoms with Gasteiger partial charge in [0.1, 0.15) is 11.6 Å². The molecule has 0 aromatic carbocycles. The van der Waals surface area contributed by atoms with Gasteiger partial charge in [-0.1, -0.05) is 25.4 Å². The van der Waals surface area contributed by atoms with Gasteiger partial charge in [0.25, 0.3) is 5.56 Å². The van der Waals surface area contributed by atoms with Gasteiger partial charge in [-0.05, 0) is 55.6 Å². The van der Waals surface area contributed by atoms with Crippen LogP contribution in [0.5, 0.6) is 0 Å². The quantitative estimate of drug-likeness (QED) is 0.603. The number of rotatable bonds is 6. The Hall–Kier alpha value is -2.52. The summed E-state index contributed by atoms with van der Waals surface area (Å²) in [6.07, 6.45) is 6.35. The lowest BCUT2D eigenvalue weighted by atomic mass is 9.43. The number of anilines is 1. The molecule has 172 valence electrons. The van der Waals surface area contributed by atoms with E-state index in [0.717, 1.165) is 23.1 Å². The van der Waals surface area contributed by atoms with Crippen LogP contribution in [0.15, 0.2) is 29.5 Å². The number of fused-ring (bicyclic) bond motifs is 2. The molecule has 9 nitrogen and oxygen atoms in total. The van der Waals surface area contributed by atoms with E-state index < -0.39 is 11.2 Å². The average molecular weight is 461 g/mol. The molecule has 5 rings (SSSR count). The lowest BCUT2D eigenvalue weighted by Crippen LogP contribution is -2.68. The van der Waals surface area contributed by atoms with Crippen molar-refractivity contribution in [3.05, 3.63) is 45.6 Å². The molecule has 2 heterocycles. The number of nitrogens with one attached hydrogen (secondary N) is 2. The van der Waals surface area contributed by atoms with Crippen LogP contribution in [0, 0.1) is 17.3 Å². The van der Waals surface area contributed by atoms with Crippen LogP contribution in [0.3, 0.4) is 0 Å². The van der Waals surface area contributed by atoms with Gasteiger partial charge in [-0.15, -0.1) is 0 Å². The molecule has 1 unspecified atom stereocenters. The van der Waals surface area contributed by atoms with E-state index in [0.29, 0.717) is 11.6 Å². The zero-order valence-corrected chi connectivity index (χ0v) is 19.4. The van der Waals surface area contributed by atoms with E-state index in [4.69, 9.17) is 11.6 Å². The fourth-order valence-corrected chi connectivity index (χ4v) is 5.51. The van der Waals surface area contributed by atoms with Crippen LogP contribution >= 0.6 is 11.6 Å². The van der Waals surface area contributed by atoms with Gasteiger partial charge >= 0.3 is 0 Å². The van der Waals surface area contributed by atoms with Gasteiger partial charge in [0.2, 0.25) is 5.91 Å². The highest BCUT2D eigenvalue weighted by atomic mass is 35.5. The van der Waals surface area contributed by atoms with Crippen LogP contribution in [0.25, 0.3) is 0 Å². The molecule has 0 radical (unpaired) electrons. The van der Waals surface area contributed by atoms with Gasteiger partial charge in [-0.25, -0.2) is 4.68 Å². The predicted molar refractivity (Wildman–Crippen MR) is 120 cm³/mol. The molecule has 10 heteroatoms. The van der Waals surface area contributed by atoms with Crippen LogP contribution in [0.2, 0.25) is 5.02 Å². The first kappa shape index (κ1) is 22.7. The zero-order chi connectivity index (χ0) is 23.3. The van der Waals surface area contributed by atoms with Gasteiger partial charge in [0.05, 0.1) is 35.8 Å². The topological polar surface area (TPSA) is 122 Å². The molecular weight excluding hydrogens is 432 g/mol. The maximum Gasteiger partial charge on any atom is 0.288 e. The van der Waals surface area contributed by atoms with E-state index >= 15 is 0 Å². The lowest BCUT2D eigenvalue weighted by Gasteiger charge is -2.65. The first-order valence-electron chi connectivity index (χ1n) is 10.8. The second-order valence-electron chi connectivity index (χ2n) is 9.77. The maximum absolute atomic E-state index is 12.7. The van der Waals surface area contributed by atoms with Crippen LogP contribution in [0.1, 0.15) is 52.1 Å². The number of carbonyl (C=O) groups is 1. The fourth-order valence-electron chi connectivity index (χ4n) is 5.31. The number of hydrogen-bond acceptors (Lipinski definition) is 7. The van der Waals surface area contributed by atoms with Crippen LogP contribution < -0.4 is 16.2 Å². The Morgan fingerprint density at radius 2 is 2.06 bits per heavy atom. The molecule has 2 aromatic heterocycles. The molecule has 3 fully saturated rings. The second-order valence-corrected chi connectivity index (χ2v) is 10.1. The minimum Gasteiger partial charge on any atom is -0.388 e. The molecule has 32 heavy (non-hydrogen) atoms. The largest absolute Gasteiger partial charge is 0.388 e. The van der Waals surface area contributed by atoms with Crippen LogP contribution in [-0.2, 0) is 11.3 Å². The van der Waals surface area contributed by atoms with Crippen LogP contribution in [-0.4, -0.2) is 42.6 Å². The van der Waals surface area contributed by atoms with Crippen molar-refractivity contribution in [3.63, 3.8) is 0 Å². The Bertz CT molecular complexity index is 1070. The van der Waals surface area contributed by atoms with Gasteiger partial charge < -0.3 is 15.7 Å². The van der Waals surface area contributed by atoms with Crippen molar-refractivity contribution in [2.45, 2.75) is 64.8 Å². The van der Waals surface area contributed by atoms with Gasteiger partial charge in [-0.2, -0.15) is 15.3 Å². The standard InChI is InChI=1S/C22H29ClN6O3/c1-12(13-5-6-24-25-9-13)27-18(30)11-29-20(31)19(23)15(10-26-29)28-17-8-14-7-16(21(14,2)3)22(17,4)32/h5-6,9-10,12,14,16-17,28,32H,7-8,11H2,1-4H3,(H,27,30)/t12?,14-,16-,17-,22+/m1/s1. The smallest absolute Gasteiger partial charge is 0.288 e. The van der Waals surface area contributed by atoms with Crippen LogP contribution in [0.4, 0.5) is 5.69 Å². The minimum absolute atomic E-state index is 0.0477. The number of halogens is 1. The highest BCUT2D eigenvalue weighted by Gasteiger charge is 2.62. The Balaban J connectivity index is 1.44. The Morgan fingerprint density at radius 3 is 2.69 bits per heavy atom. The molecule has 2 bridgehead atoms. The third kappa shape index (κ3) is 3.88. The van der Waals surface area contributed by atoms with Gasteiger partial charge in [-0.3, -0.25) is 9.59 Å². The summed E-state index contributed by atoms with van der Waals surface area (Å²) in [4.78, 5) is 25.1. The molecule has 3 saturated carbocycles. The highest BCUT2D eigenvalue weighted by molar-refractivity contribution is 6.32. The van der Waals surface area contributed by atoms with Gasteiger partial charge in [0.15, 0.2) is 0 Å². The summed E-state index contributed by atoms with van der Waals surface area (Å²) < 4.78 is 1.03. The third-order valence-electron chi connectivity index (χ3n) is 7.49. The minimum atomic E-state index is -0.922. The molecule has 0 spiro atoms. The molecule has 2 aromatic rings. The van der Waals surface area contributed by atoms with Crippen molar-refractivity contribution >= 4 is 23.2 Å². The summed E-state index contributed by atoms with van der Waals surface area (Å²) in [7, 11) is 0. The molecule has 5 atom stereocenters. The van der Waals surface area contributed by atoms with Crippen molar-refractivity contribution < 1.29 is 9.90 Å². The average Bonchev–Trinajstić information content (AvgIpc) is 2.74. The normalized spacial score (nSPS) is 29.0. The van der Waals surface area contributed by atoms with Crippen molar-refractivity contribution in [2.75, 3.05) is 5.32 Å². The Kier molecular flexibility index (Phi) is 5.75. The van der Waals surface area contributed by atoms with E-state index in [1.807, 2.05) is 13.8 Å². The molecule has 3 aliphatic rings. The number of carbonyl (C=O) groups excluding carboxylic acids is 1. The van der Waals surface area contributed by atoms with Gasteiger partial charge in [0, 0.05) is 6.20 Å². The monoisotopic (exact) mass is 460 g/mol.